The summed E-state index contributed by atoms with van der Waals surface area (Å²) in [6, 6.07) is 2.66. The van der Waals surface area contributed by atoms with E-state index < -0.39 is 5.82 Å². The Bertz CT molecular complexity index is 301. The zero-order chi connectivity index (χ0) is 8.43. The minimum absolute atomic E-state index is 0.136. The van der Waals surface area contributed by atoms with Gasteiger partial charge in [-0.3, -0.25) is 4.79 Å². The van der Waals surface area contributed by atoms with Gasteiger partial charge in [0.25, 0.3) is 0 Å². The molecular weight excluding hydrogens is 234 g/mol. The Morgan fingerprint density at radius 3 is 2.73 bits per heavy atom. The Balaban J connectivity index is 3.35. The number of rotatable bonds is 1. The summed E-state index contributed by atoms with van der Waals surface area (Å²) in [6.45, 7) is 0. The second-order valence-electron chi connectivity index (χ2n) is 1.91. The maximum atomic E-state index is 12.7. The summed E-state index contributed by atoms with van der Waals surface area (Å²) >= 11 is 8.47. The number of aldehydes is 1. The lowest BCUT2D eigenvalue weighted by molar-refractivity contribution is 0.112. The summed E-state index contributed by atoms with van der Waals surface area (Å²) in [6.07, 6.45) is 0.510. The lowest BCUT2D eigenvalue weighted by Gasteiger charge is -1.97. The Hall–Kier alpha value is -0.410. The van der Waals surface area contributed by atoms with Crippen LogP contribution in [0.3, 0.4) is 0 Å². The predicted octanol–water partition coefficient (Wildman–Crippen LogP) is 3.05. The van der Waals surface area contributed by atoms with Crippen molar-refractivity contribution in [3.63, 3.8) is 0 Å². The maximum Gasteiger partial charge on any atom is 0.151 e. The van der Waals surface area contributed by atoms with Gasteiger partial charge in [0.15, 0.2) is 6.29 Å². The highest BCUT2D eigenvalue weighted by atomic mass is 79.9. The van der Waals surface area contributed by atoms with Crippen molar-refractivity contribution in [2.75, 3.05) is 0 Å². The van der Waals surface area contributed by atoms with Gasteiger partial charge >= 0.3 is 0 Å². The van der Waals surface area contributed by atoms with E-state index in [0.29, 0.717) is 10.8 Å². The normalized spacial score (nSPS) is 9.73. The van der Waals surface area contributed by atoms with Crippen LogP contribution in [0.1, 0.15) is 10.4 Å². The molecular formula is C7H3BrClFO. The highest BCUT2D eigenvalue weighted by Crippen LogP contribution is 2.23. The second kappa shape index (κ2) is 3.32. The van der Waals surface area contributed by atoms with Crippen molar-refractivity contribution in [3.05, 3.63) is 33.0 Å². The van der Waals surface area contributed by atoms with Gasteiger partial charge in [-0.05, 0) is 12.1 Å². The molecule has 0 saturated heterocycles. The first-order chi connectivity index (χ1) is 5.15. The van der Waals surface area contributed by atoms with Gasteiger partial charge in [-0.15, -0.1) is 0 Å². The molecule has 0 aromatic heterocycles. The standard InChI is InChI=1S/C7H3BrClFO/c8-5-1-4(3-11)7(9)6(10)2-5/h1-3H. The first-order valence-electron chi connectivity index (χ1n) is 2.75. The van der Waals surface area contributed by atoms with Crippen LogP contribution in [-0.4, -0.2) is 6.29 Å². The zero-order valence-electron chi connectivity index (χ0n) is 5.27. The Kier molecular flexibility index (Phi) is 2.62. The van der Waals surface area contributed by atoms with Crippen LogP contribution in [-0.2, 0) is 0 Å². The maximum absolute atomic E-state index is 12.7. The van der Waals surface area contributed by atoms with E-state index in [1.807, 2.05) is 0 Å². The summed E-state index contributed by atoms with van der Waals surface area (Å²) in [5, 5.41) is -0.136. The summed E-state index contributed by atoms with van der Waals surface area (Å²) in [5.74, 6) is -0.594. The van der Waals surface area contributed by atoms with Gasteiger partial charge in [0.2, 0.25) is 0 Å². The molecule has 0 aliphatic rings. The number of benzene rings is 1. The van der Waals surface area contributed by atoms with Gasteiger partial charge in [-0.1, -0.05) is 27.5 Å². The quantitative estimate of drug-likeness (QED) is 0.542. The van der Waals surface area contributed by atoms with E-state index in [0.717, 1.165) is 0 Å². The van der Waals surface area contributed by atoms with Crippen molar-refractivity contribution >= 4 is 33.8 Å². The van der Waals surface area contributed by atoms with E-state index in [2.05, 4.69) is 15.9 Å². The first kappa shape index (κ1) is 8.68. The van der Waals surface area contributed by atoms with E-state index >= 15 is 0 Å². The molecule has 0 spiro atoms. The minimum Gasteiger partial charge on any atom is -0.298 e. The van der Waals surface area contributed by atoms with Gasteiger partial charge < -0.3 is 0 Å². The largest absolute Gasteiger partial charge is 0.298 e. The molecule has 1 aromatic rings. The molecule has 0 atom stereocenters. The molecule has 1 aromatic carbocycles. The Morgan fingerprint density at radius 2 is 2.18 bits per heavy atom. The highest BCUT2D eigenvalue weighted by Gasteiger charge is 2.06. The average Bonchev–Trinajstić information content (AvgIpc) is 1.96. The summed E-state index contributed by atoms with van der Waals surface area (Å²) in [5.41, 5.74) is 0.151. The number of hydrogen-bond acceptors (Lipinski definition) is 1. The molecule has 1 rings (SSSR count). The third kappa shape index (κ3) is 1.79. The third-order valence-corrected chi connectivity index (χ3v) is 2.00. The molecule has 0 aliphatic carbocycles. The van der Waals surface area contributed by atoms with Crippen molar-refractivity contribution in [1.29, 1.82) is 0 Å². The molecule has 0 unspecified atom stereocenters. The smallest absolute Gasteiger partial charge is 0.151 e. The van der Waals surface area contributed by atoms with Crippen LogP contribution in [0.5, 0.6) is 0 Å². The SMILES string of the molecule is O=Cc1cc(Br)cc(F)c1Cl. The van der Waals surface area contributed by atoms with Crippen molar-refractivity contribution in [1.82, 2.24) is 0 Å². The number of hydrogen-bond donors (Lipinski definition) is 0. The van der Waals surface area contributed by atoms with E-state index in [1.165, 1.54) is 12.1 Å². The predicted molar refractivity (Wildman–Crippen MR) is 44.5 cm³/mol. The molecule has 58 valence electrons. The van der Waals surface area contributed by atoms with Crippen LogP contribution in [0.2, 0.25) is 5.02 Å². The monoisotopic (exact) mass is 236 g/mol. The van der Waals surface area contributed by atoms with Crippen LogP contribution < -0.4 is 0 Å². The van der Waals surface area contributed by atoms with E-state index in [9.17, 15) is 9.18 Å². The van der Waals surface area contributed by atoms with E-state index in [-0.39, 0.29) is 10.6 Å². The van der Waals surface area contributed by atoms with Crippen LogP contribution >= 0.6 is 27.5 Å². The molecule has 4 heteroatoms. The van der Waals surface area contributed by atoms with Crippen LogP contribution in [0, 0.1) is 5.82 Å². The fourth-order valence-electron chi connectivity index (χ4n) is 0.662. The zero-order valence-corrected chi connectivity index (χ0v) is 7.62. The van der Waals surface area contributed by atoms with E-state index in [4.69, 9.17) is 11.6 Å². The molecule has 0 N–H and O–H groups in total. The van der Waals surface area contributed by atoms with Crippen LogP contribution in [0.4, 0.5) is 4.39 Å². The van der Waals surface area contributed by atoms with Gasteiger partial charge in [0.05, 0.1) is 5.02 Å². The number of carbonyl (C=O) groups excluding carboxylic acids is 1. The van der Waals surface area contributed by atoms with Crippen molar-refractivity contribution in [2.45, 2.75) is 0 Å². The lowest BCUT2D eigenvalue weighted by Crippen LogP contribution is -1.86. The molecule has 1 nitrogen and oxygen atoms in total. The second-order valence-corrected chi connectivity index (χ2v) is 3.20. The molecule has 0 heterocycles. The molecule has 0 amide bonds. The Morgan fingerprint density at radius 1 is 1.55 bits per heavy atom. The molecule has 0 aliphatic heterocycles. The van der Waals surface area contributed by atoms with Crippen molar-refractivity contribution in [3.8, 4) is 0 Å². The van der Waals surface area contributed by atoms with Crippen molar-refractivity contribution in [2.24, 2.45) is 0 Å². The Labute approximate surface area is 76.3 Å². The first-order valence-corrected chi connectivity index (χ1v) is 3.92. The lowest BCUT2D eigenvalue weighted by atomic mass is 10.2. The van der Waals surface area contributed by atoms with Crippen molar-refractivity contribution < 1.29 is 9.18 Å². The van der Waals surface area contributed by atoms with Gasteiger partial charge in [-0.2, -0.15) is 0 Å². The molecule has 0 saturated carbocycles. The number of halogens is 3. The third-order valence-electron chi connectivity index (χ3n) is 1.15. The highest BCUT2D eigenvalue weighted by molar-refractivity contribution is 9.10. The van der Waals surface area contributed by atoms with Gasteiger partial charge in [-0.25, -0.2) is 4.39 Å². The number of carbonyl (C=O) groups is 1. The summed E-state index contributed by atoms with van der Waals surface area (Å²) in [4.78, 5) is 10.3. The summed E-state index contributed by atoms with van der Waals surface area (Å²) in [7, 11) is 0. The minimum atomic E-state index is -0.594. The van der Waals surface area contributed by atoms with Crippen LogP contribution in [0.15, 0.2) is 16.6 Å². The molecule has 0 fully saturated rings. The molecule has 11 heavy (non-hydrogen) atoms. The van der Waals surface area contributed by atoms with Gasteiger partial charge in [0, 0.05) is 10.0 Å². The fourth-order valence-corrected chi connectivity index (χ4v) is 1.26. The van der Waals surface area contributed by atoms with Gasteiger partial charge in [0.1, 0.15) is 5.82 Å². The molecule has 0 radical (unpaired) electrons. The van der Waals surface area contributed by atoms with E-state index in [1.54, 1.807) is 0 Å². The average molecular weight is 237 g/mol. The fraction of sp³-hybridized carbons (Fsp3) is 0. The topological polar surface area (TPSA) is 17.1 Å². The summed E-state index contributed by atoms with van der Waals surface area (Å²) < 4.78 is 13.2. The van der Waals surface area contributed by atoms with Crippen LogP contribution in [0.25, 0.3) is 0 Å². The molecule has 0 bridgehead atoms.